The van der Waals surface area contributed by atoms with Crippen molar-refractivity contribution in [1.82, 2.24) is 10.6 Å². The molecule has 0 radical (unpaired) electrons. The number of carbonyl (C=O) groups is 2. The van der Waals surface area contributed by atoms with Crippen molar-refractivity contribution < 1.29 is 14.5 Å². The fourth-order valence-electron chi connectivity index (χ4n) is 2.30. The molecule has 0 unspecified atom stereocenters. The summed E-state index contributed by atoms with van der Waals surface area (Å²) in [5.41, 5.74) is 3.66. The van der Waals surface area contributed by atoms with Crippen LogP contribution in [0.5, 0.6) is 0 Å². The van der Waals surface area contributed by atoms with Crippen LogP contribution in [0, 0.1) is 24.0 Å². The molecule has 140 valence electrons. The van der Waals surface area contributed by atoms with Gasteiger partial charge in [-0.2, -0.15) is 0 Å². The standard InChI is InChI=1S/C20H21N3O4/c1-14-3-7-16(8-4-14)11-19(24)21-13-18(23(26)27)22-20(25)12-17-9-5-15(2)6-10-17/h3-10,13H,11-12H2,1-2H3,(H,21,24)(H,22,25). The predicted octanol–water partition coefficient (Wildman–Crippen LogP) is 2.40. The lowest BCUT2D eigenvalue weighted by molar-refractivity contribution is -0.430. The number of nitrogens with one attached hydrogen (secondary N) is 2. The maximum absolute atomic E-state index is 12.0. The zero-order valence-electron chi connectivity index (χ0n) is 15.2. The van der Waals surface area contributed by atoms with Crippen molar-refractivity contribution in [3.63, 3.8) is 0 Å². The molecule has 27 heavy (non-hydrogen) atoms. The summed E-state index contributed by atoms with van der Waals surface area (Å²) in [6, 6.07) is 14.7. The number of benzene rings is 2. The molecular formula is C20H21N3O4. The first kappa shape index (κ1) is 19.8. The number of carbonyl (C=O) groups excluding carboxylic acids is 2. The minimum Gasteiger partial charge on any atom is -0.358 e. The van der Waals surface area contributed by atoms with E-state index >= 15 is 0 Å². The van der Waals surface area contributed by atoms with Crippen molar-refractivity contribution >= 4 is 11.8 Å². The summed E-state index contributed by atoms with van der Waals surface area (Å²) in [4.78, 5) is 34.3. The van der Waals surface area contributed by atoms with Gasteiger partial charge >= 0.3 is 11.7 Å². The lowest BCUT2D eigenvalue weighted by atomic mass is 10.1. The zero-order valence-corrected chi connectivity index (χ0v) is 15.2. The van der Waals surface area contributed by atoms with Gasteiger partial charge in [0.25, 0.3) is 0 Å². The number of aryl methyl sites for hydroxylation is 2. The van der Waals surface area contributed by atoms with Gasteiger partial charge in [-0.3, -0.25) is 4.79 Å². The highest BCUT2D eigenvalue weighted by atomic mass is 16.6. The molecule has 2 aromatic rings. The van der Waals surface area contributed by atoms with Gasteiger partial charge in [-0.25, -0.2) is 10.1 Å². The molecular weight excluding hydrogens is 346 g/mol. The fourth-order valence-corrected chi connectivity index (χ4v) is 2.30. The van der Waals surface area contributed by atoms with E-state index in [0.717, 1.165) is 28.5 Å². The molecule has 7 nitrogen and oxygen atoms in total. The molecule has 7 heteroatoms. The summed E-state index contributed by atoms with van der Waals surface area (Å²) in [6.07, 6.45) is 0.991. The number of nitro groups is 1. The van der Waals surface area contributed by atoms with Crippen LogP contribution in [0.3, 0.4) is 0 Å². The van der Waals surface area contributed by atoms with Gasteiger partial charge in [-0.15, -0.1) is 0 Å². The first-order valence-corrected chi connectivity index (χ1v) is 8.38. The molecule has 0 fully saturated rings. The maximum Gasteiger partial charge on any atom is 0.339 e. The zero-order chi connectivity index (χ0) is 19.8. The first-order valence-electron chi connectivity index (χ1n) is 8.38. The highest BCUT2D eigenvalue weighted by molar-refractivity contribution is 5.81. The fraction of sp³-hybridized carbons (Fsp3) is 0.200. The largest absolute Gasteiger partial charge is 0.358 e. The minimum absolute atomic E-state index is 0.00275. The van der Waals surface area contributed by atoms with E-state index < -0.39 is 22.6 Å². The molecule has 0 bridgehead atoms. The highest BCUT2D eigenvalue weighted by Crippen LogP contribution is 2.05. The Bertz CT molecular complexity index is 856. The average Bonchev–Trinajstić information content (AvgIpc) is 2.62. The Morgan fingerprint density at radius 1 is 0.889 bits per heavy atom. The van der Waals surface area contributed by atoms with Crippen molar-refractivity contribution in [2.75, 3.05) is 0 Å². The van der Waals surface area contributed by atoms with Crippen molar-refractivity contribution in [2.45, 2.75) is 26.7 Å². The molecule has 0 atom stereocenters. The van der Waals surface area contributed by atoms with Crippen LogP contribution >= 0.6 is 0 Å². The second-order valence-corrected chi connectivity index (χ2v) is 6.23. The Kier molecular flexibility index (Phi) is 6.82. The van der Waals surface area contributed by atoms with Gasteiger partial charge in [0, 0.05) is 0 Å². The minimum atomic E-state index is -0.751. The third kappa shape index (κ3) is 6.74. The molecule has 2 rings (SSSR count). The van der Waals surface area contributed by atoms with Gasteiger partial charge in [0.1, 0.15) is 0 Å². The molecule has 0 heterocycles. The number of rotatable bonds is 7. The molecule has 0 spiro atoms. The van der Waals surface area contributed by atoms with Crippen molar-refractivity contribution in [2.24, 2.45) is 0 Å². The number of hydrogen-bond donors (Lipinski definition) is 2. The summed E-state index contributed by atoms with van der Waals surface area (Å²) >= 11 is 0. The lowest BCUT2D eigenvalue weighted by Crippen LogP contribution is -2.31. The van der Waals surface area contributed by atoms with E-state index in [2.05, 4.69) is 10.6 Å². The molecule has 2 N–H and O–H groups in total. The smallest absolute Gasteiger partial charge is 0.339 e. The molecule has 0 aliphatic heterocycles. The van der Waals surface area contributed by atoms with Crippen LogP contribution in [0.1, 0.15) is 22.3 Å². The predicted molar refractivity (Wildman–Crippen MR) is 101 cm³/mol. The van der Waals surface area contributed by atoms with Gasteiger partial charge < -0.3 is 15.4 Å². The SMILES string of the molecule is Cc1ccc(CC(=O)NC=C(NC(=O)Cc2ccc(C)cc2)[N+](=O)[O-])cc1. The van der Waals surface area contributed by atoms with Crippen LogP contribution < -0.4 is 10.6 Å². The second kappa shape index (κ2) is 9.28. The topological polar surface area (TPSA) is 101 Å². The Hall–Kier alpha value is -3.48. The van der Waals surface area contributed by atoms with Crippen molar-refractivity contribution in [1.29, 1.82) is 0 Å². The number of nitrogens with zero attached hydrogens (tertiary/aromatic N) is 1. The van der Waals surface area contributed by atoms with E-state index in [-0.39, 0.29) is 12.8 Å². The molecule has 2 aromatic carbocycles. The third-order valence-corrected chi connectivity index (χ3v) is 3.80. The van der Waals surface area contributed by atoms with E-state index in [1.165, 1.54) is 0 Å². The van der Waals surface area contributed by atoms with E-state index in [9.17, 15) is 19.7 Å². The van der Waals surface area contributed by atoms with E-state index in [1.807, 2.05) is 50.2 Å². The monoisotopic (exact) mass is 367 g/mol. The molecule has 0 saturated heterocycles. The highest BCUT2D eigenvalue weighted by Gasteiger charge is 2.16. The lowest BCUT2D eigenvalue weighted by Gasteiger charge is -2.05. The molecule has 0 aromatic heterocycles. The van der Waals surface area contributed by atoms with Crippen LogP contribution in [0.2, 0.25) is 0 Å². The number of hydrogen-bond acceptors (Lipinski definition) is 4. The van der Waals surface area contributed by atoms with Crippen LogP contribution in [0.15, 0.2) is 60.6 Å². The van der Waals surface area contributed by atoms with E-state index in [1.54, 1.807) is 12.1 Å². The van der Waals surface area contributed by atoms with E-state index in [0.29, 0.717) is 0 Å². The second-order valence-electron chi connectivity index (χ2n) is 6.23. The van der Waals surface area contributed by atoms with Gasteiger partial charge in [-0.05, 0) is 29.9 Å². The van der Waals surface area contributed by atoms with Crippen molar-refractivity contribution in [3.05, 3.63) is 92.9 Å². The maximum atomic E-state index is 12.0. The van der Waals surface area contributed by atoms with Crippen molar-refractivity contribution in [3.8, 4) is 0 Å². The van der Waals surface area contributed by atoms with Gasteiger partial charge in [0.15, 0.2) is 0 Å². The molecule has 0 aliphatic rings. The average molecular weight is 367 g/mol. The Morgan fingerprint density at radius 3 is 1.78 bits per heavy atom. The number of amides is 2. The summed E-state index contributed by atoms with van der Waals surface area (Å²) in [5.74, 6) is -1.52. The Morgan fingerprint density at radius 2 is 1.33 bits per heavy atom. The summed E-state index contributed by atoms with van der Waals surface area (Å²) in [6.45, 7) is 3.87. The Labute approximate surface area is 157 Å². The first-order chi connectivity index (χ1) is 12.8. The summed E-state index contributed by atoms with van der Waals surface area (Å²) in [5, 5.41) is 15.7. The van der Waals surface area contributed by atoms with Crippen LogP contribution in [0.25, 0.3) is 0 Å². The molecule has 0 saturated carbocycles. The quantitative estimate of drug-likeness (QED) is 0.579. The Balaban J connectivity index is 1.93. The van der Waals surface area contributed by atoms with E-state index in [4.69, 9.17) is 0 Å². The van der Waals surface area contributed by atoms with Crippen LogP contribution in [-0.2, 0) is 22.4 Å². The van der Waals surface area contributed by atoms with Crippen LogP contribution in [-0.4, -0.2) is 16.7 Å². The third-order valence-electron chi connectivity index (χ3n) is 3.80. The molecule has 2 amide bonds. The van der Waals surface area contributed by atoms with Crippen LogP contribution in [0.4, 0.5) is 0 Å². The van der Waals surface area contributed by atoms with Gasteiger partial charge in [0.05, 0.1) is 19.0 Å². The van der Waals surface area contributed by atoms with Gasteiger partial charge in [-0.1, -0.05) is 59.7 Å². The summed E-state index contributed by atoms with van der Waals surface area (Å²) < 4.78 is 0. The van der Waals surface area contributed by atoms with Gasteiger partial charge in [0.2, 0.25) is 5.91 Å². The normalized spacial score (nSPS) is 11.0. The summed E-state index contributed by atoms with van der Waals surface area (Å²) in [7, 11) is 0. The molecule has 0 aliphatic carbocycles.